The predicted octanol–water partition coefficient (Wildman–Crippen LogP) is 10.7. The molecule has 1 fully saturated rings. The number of rotatable bonds is 11. The zero-order chi connectivity index (χ0) is 38.0. The van der Waals surface area contributed by atoms with E-state index in [9.17, 15) is 9.59 Å². The Morgan fingerprint density at radius 3 is 1.69 bits per heavy atom. The minimum absolute atomic E-state index is 0.101. The van der Waals surface area contributed by atoms with Crippen molar-refractivity contribution in [2.75, 3.05) is 34.4 Å². The van der Waals surface area contributed by atoms with E-state index in [2.05, 4.69) is 106 Å². The van der Waals surface area contributed by atoms with Gasteiger partial charge < -0.3 is 0 Å². The van der Waals surface area contributed by atoms with Crippen molar-refractivity contribution < 1.29 is 33.6 Å². The van der Waals surface area contributed by atoms with E-state index in [0.29, 0.717) is 41.5 Å². The fourth-order valence-corrected chi connectivity index (χ4v) is 11.8. The number of imide groups is 1. The first-order chi connectivity index (χ1) is 24.7. The molecule has 52 heavy (non-hydrogen) atoms. The van der Waals surface area contributed by atoms with E-state index in [4.69, 9.17) is 19.2 Å². The molecule has 284 valence electrons. The normalized spacial score (nSPS) is 17.6. The van der Waals surface area contributed by atoms with Gasteiger partial charge in [0.15, 0.2) is 0 Å². The first kappa shape index (κ1) is 40.0. The molecule has 9 heteroatoms. The topological polar surface area (TPSA) is 62.3 Å². The summed E-state index contributed by atoms with van der Waals surface area (Å²) in [5.74, 6) is 1.55. The summed E-state index contributed by atoms with van der Waals surface area (Å²) in [5.41, 5.74) is 9.11. The number of halogens is 1. The van der Waals surface area contributed by atoms with E-state index in [1.807, 2.05) is 32.9 Å². The molecule has 0 bridgehead atoms. The van der Waals surface area contributed by atoms with Crippen LogP contribution < -0.4 is 19.4 Å². The van der Waals surface area contributed by atoms with Crippen molar-refractivity contribution in [3.05, 3.63) is 82.4 Å². The molecule has 2 amide bonds. The van der Waals surface area contributed by atoms with Gasteiger partial charge in [0, 0.05) is 0 Å². The van der Waals surface area contributed by atoms with Crippen LogP contribution in [0.1, 0.15) is 134 Å². The molecule has 0 saturated carbocycles. The summed E-state index contributed by atoms with van der Waals surface area (Å²) in [7, 11) is 7.94. The van der Waals surface area contributed by atoms with Crippen molar-refractivity contribution in [2.24, 2.45) is 5.92 Å². The van der Waals surface area contributed by atoms with Gasteiger partial charge in [0.2, 0.25) is 0 Å². The third kappa shape index (κ3) is 7.99. The van der Waals surface area contributed by atoms with Crippen molar-refractivity contribution in [3.8, 4) is 5.75 Å². The monoisotopic (exact) mass is 817 g/mol. The summed E-state index contributed by atoms with van der Waals surface area (Å²) in [4.78, 5) is 33.3. The number of ether oxygens (including phenoxy) is 2. The third-order valence-electron chi connectivity index (χ3n) is 9.84. The van der Waals surface area contributed by atoms with Gasteiger partial charge in [0.1, 0.15) is 0 Å². The number of para-hydroxylation sites is 3. The Morgan fingerprint density at radius 1 is 0.808 bits per heavy atom. The van der Waals surface area contributed by atoms with Crippen LogP contribution in [0.25, 0.3) is 0 Å². The zero-order valence-electron chi connectivity index (χ0n) is 32.8. The summed E-state index contributed by atoms with van der Waals surface area (Å²) in [6.07, 6.45) is -1.06. The minimum atomic E-state index is -2.47. The van der Waals surface area contributed by atoms with Crippen molar-refractivity contribution in [3.63, 3.8) is 0 Å². The Bertz CT molecular complexity index is 1680. The van der Waals surface area contributed by atoms with Gasteiger partial charge in [0.05, 0.1) is 0 Å². The SMILES string of the molecule is CCC1Oc2c([CH]=[Ru]([Cl])[CH]3N(c4c(C(C)C)cccc4C(C)C)CCN3c3c(C(C)C)cccc3C(C)C)cccc2N(C(=O)OCC(C)C)C1=O. The van der Waals surface area contributed by atoms with Gasteiger partial charge in [-0.15, -0.1) is 0 Å². The van der Waals surface area contributed by atoms with Gasteiger partial charge in [-0.1, -0.05) is 0 Å². The van der Waals surface area contributed by atoms with Gasteiger partial charge in [-0.25, -0.2) is 0 Å². The molecule has 2 aliphatic heterocycles. The molecule has 1 atom stereocenters. The first-order valence-electron chi connectivity index (χ1n) is 18.9. The number of amides is 2. The maximum absolute atomic E-state index is 13.6. The molecular weight excluding hydrogens is 759 g/mol. The van der Waals surface area contributed by atoms with Crippen LogP contribution in [-0.4, -0.2) is 47.2 Å². The standard InChI is InChI=1S/C27H39N2.C16H19NO4.ClH.Ru/c1-18(2)22-11-9-12-23(19(3)4)26(22)28-15-16-29(17-28)27-24(20(5)6)13-10-14-25(27)21(7)8;1-5-13-15(18)17(16(19)20-9-10(2)3)12-8-6-7-11(4)14(12)21-13;;/h9-14,17-21H,15-16H2,1-8H3;4,6-8,10,13H,5,9H2,1-3H3;1H;/q;;;+1/p-1. The van der Waals surface area contributed by atoms with Crippen LogP contribution in [0.3, 0.4) is 0 Å². The van der Waals surface area contributed by atoms with Gasteiger partial charge in [0.25, 0.3) is 0 Å². The Kier molecular flexibility index (Phi) is 13.0. The van der Waals surface area contributed by atoms with Gasteiger partial charge in [-0.3, -0.25) is 0 Å². The Labute approximate surface area is 321 Å². The van der Waals surface area contributed by atoms with Gasteiger partial charge >= 0.3 is 323 Å². The Hall–Kier alpha value is -3.22. The third-order valence-corrected chi connectivity index (χ3v) is 14.1. The maximum atomic E-state index is 13.6. The zero-order valence-corrected chi connectivity index (χ0v) is 35.3. The number of carbonyl (C=O) groups excluding carboxylic acids is 2. The van der Waals surface area contributed by atoms with E-state index in [0.717, 1.165) is 23.6 Å². The summed E-state index contributed by atoms with van der Waals surface area (Å²) >= 11 is -2.47. The summed E-state index contributed by atoms with van der Waals surface area (Å²) in [5, 5.41) is 0. The number of nitrogens with zero attached hydrogens (tertiary/aromatic N) is 3. The molecule has 3 aromatic rings. The van der Waals surface area contributed by atoms with E-state index >= 15 is 0 Å². The quantitative estimate of drug-likeness (QED) is 0.180. The second-order valence-electron chi connectivity index (χ2n) is 15.6. The number of hydrogen-bond acceptors (Lipinski definition) is 6. The van der Waals surface area contributed by atoms with Gasteiger partial charge in [-0.05, 0) is 0 Å². The molecule has 0 aromatic heterocycles. The molecule has 1 unspecified atom stereocenters. The van der Waals surface area contributed by atoms with E-state index in [-0.39, 0.29) is 17.3 Å². The van der Waals surface area contributed by atoms with Crippen LogP contribution in [0.15, 0.2) is 54.6 Å². The Morgan fingerprint density at radius 2 is 1.27 bits per heavy atom. The molecular formula is C43H58ClN3O4Ru. The number of benzene rings is 3. The number of carbonyl (C=O) groups is 2. The summed E-state index contributed by atoms with van der Waals surface area (Å²) in [6, 6.07) is 19.1. The molecule has 0 spiro atoms. The molecule has 5 rings (SSSR count). The molecule has 2 heterocycles. The number of hydrogen-bond donors (Lipinski definition) is 0. The predicted molar refractivity (Wildman–Crippen MR) is 214 cm³/mol. The Balaban J connectivity index is 1.73. The van der Waals surface area contributed by atoms with Crippen molar-refractivity contribution in [1.29, 1.82) is 0 Å². The molecule has 7 nitrogen and oxygen atoms in total. The van der Waals surface area contributed by atoms with E-state index in [1.165, 1.54) is 33.6 Å². The fourth-order valence-electron chi connectivity index (χ4n) is 7.21. The van der Waals surface area contributed by atoms with Crippen LogP contribution in [0.5, 0.6) is 5.75 Å². The van der Waals surface area contributed by atoms with Crippen molar-refractivity contribution in [1.82, 2.24) is 0 Å². The average Bonchev–Trinajstić information content (AvgIpc) is 3.54. The van der Waals surface area contributed by atoms with Crippen LogP contribution in [0, 0.1) is 5.92 Å². The van der Waals surface area contributed by atoms with Crippen molar-refractivity contribution >= 4 is 43.4 Å². The molecule has 0 radical (unpaired) electrons. The average molecular weight is 817 g/mol. The second-order valence-corrected chi connectivity index (χ2v) is 20.2. The van der Waals surface area contributed by atoms with Crippen LogP contribution in [-0.2, 0) is 24.0 Å². The number of anilines is 3. The summed E-state index contributed by atoms with van der Waals surface area (Å²) in [6.45, 7) is 25.9. The molecule has 0 N–H and O–H groups in total. The van der Waals surface area contributed by atoms with Crippen LogP contribution in [0.2, 0.25) is 0 Å². The molecule has 2 aliphatic rings. The number of fused-ring (bicyclic) bond motifs is 1. The fraction of sp³-hybridized carbons (Fsp3) is 0.512. The van der Waals surface area contributed by atoms with E-state index < -0.39 is 32.6 Å². The van der Waals surface area contributed by atoms with Crippen LogP contribution >= 0.6 is 9.69 Å². The molecule has 3 aromatic carbocycles. The molecule has 1 saturated heterocycles. The first-order valence-corrected chi connectivity index (χ1v) is 23.2. The van der Waals surface area contributed by atoms with E-state index in [1.54, 1.807) is 6.07 Å². The van der Waals surface area contributed by atoms with Crippen molar-refractivity contribution in [2.45, 2.75) is 117 Å². The molecule has 0 aliphatic carbocycles. The second kappa shape index (κ2) is 16.8. The van der Waals surface area contributed by atoms with Gasteiger partial charge in [-0.2, -0.15) is 0 Å². The summed E-state index contributed by atoms with van der Waals surface area (Å²) < 4.78 is 14.1. The van der Waals surface area contributed by atoms with Crippen LogP contribution in [0.4, 0.5) is 21.9 Å².